The number of anilines is 1. The smallest absolute Gasteiger partial charge is 0.274 e. The maximum Gasteiger partial charge on any atom is 0.274 e. The molecule has 0 aliphatic rings. The van der Waals surface area contributed by atoms with Crippen molar-refractivity contribution >= 4 is 5.88 Å². The van der Waals surface area contributed by atoms with Gasteiger partial charge in [-0.25, -0.2) is 8.78 Å². The number of alkyl halides is 2. The number of nitrogens with two attached hydrogens (primary N) is 1. The van der Waals surface area contributed by atoms with Crippen LogP contribution in [0.3, 0.4) is 0 Å². The Bertz CT molecular complexity index is 561. The molecule has 0 saturated carbocycles. The summed E-state index contributed by atoms with van der Waals surface area (Å²) in [5.41, 5.74) is 6.23. The van der Waals surface area contributed by atoms with Crippen LogP contribution < -0.4 is 10.5 Å². The van der Waals surface area contributed by atoms with E-state index >= 15 is 0 Å². The minimum Gasteiger partial charge on any atom is -0.496 e. The Labute approximate surface area is 102 Å². The largest absolute Gasteiger partial charge is 0.496 e. The van der Waals surface area contributed by atoms with Crippen LogP contribution >= 0.6 is 0 Å². The monoisotopic (exact) mass is 254 g/mol. The van der Waals surface area contributed by atoms with E-state index in [9.17, 15) is 8.78 Å². The third kappa shape index (κ3) is 2.01. The van der Waals surface area contributed by atoms with Crippen LogP contribution in [0.4, 0.5) is 14.7 Å². The van der Waals surface area contributed by atoms with Gasteiger partial charge in [-0.3, -0.25) is 0 Å². The van der Waals surface area contributed by atoms with E-state index in [2.05, 4.69) is 5.16 Å². The van der Waals surface area contributed by atoms with Gasteiger partial charge in [-0.1, -0.05) is 17.3 Å². The summed E-state index contributed by atoms with van der Waals surface area (Å²) in [6.45, 7) is 0.811. The molecule has 0 spiro atoms. The molecule has 0 atom stereocenters. The molecule has 0 saturated heterocycles. The molecule has 0 aliphatic heterocycles. The first-order valence-corrected chi connectivity index (χ1v) is 5.21. The molecule has 0 fully saturated rings. The predicted octanol–water partition coefficient (Wildman–Crippen LogP) is 3.04. The van der Waals surface area contributed by atoms with E-state index < -0.39 is 5.92 Å². The van der Waals surface area contributed by atoms with Crippen LogP contribution in [0.2, 0.25) is 0 Å². The number of aromatic nitrogens is 1. The summed E-state index contributed by atoms with van der Waals surface area (Å²) in [7, 11) is 1.33. The molecule has 0 aliphatic carbocycles. The topological polar surface area (TPSA) is 61.3 Å². The van der Waals surface area contributed by atoms with Crippen molar-refractivity contribution in [1.82, 2.24) is 5.16 Å². The first-order chi connectivity index (χ1) is 8.45. The fraction of sp³-hybridized carbons (Fsp3) is 0.250. The van der Waals surface area contributed by atoms with Crippen molar-refractivity contribution in [1.29, 1.82) is 0 Å². The van der Waals surface area contributed by atoms with Crippen molar-refractivity contribution in [3.05, 3.63) is 30.0 Å². The lowest BCUT2D eigenvalue weighted by atomic mass is 10.0. The fourth-order valence-electron chi connectivity index (χ4n) is 1.77. The van der Waals surface area contributed by atoms with Gasteiger partial charge in [0.2, 0.25) is 5.88 Å². The van der Waals surface area contributed by atoms with Crippen molar-refractivity contribution in [2.75, 3.05) is 12.8 Å². The zero-order chi connectivity index (χ0) is 13.3. The van der Waals surface area contributed by atoms with Crippen molar-refractivity contribution in [3.63, 3.8) is 0 Å². The summed E-state index contributed by atoms with van der Waals surface area (Å²) in [6.07, 6.45) is 1.37. The Hall–Kier alpha value is -2.11. The van der Waals surface area contributed by atoms with E-state index in [0.29, 0.717) is 11.1 Å². The highest BCUT2D eigenvalue weighted by atomic mass is 19.3. The molecule has 18 heavy (non-hydrogen) atoms. The Morgan fingerprint density at radius 3 is 2.56 bits per heavy atom. The minimum absolute atomic E-state index is 0.0601. The average molecular weight is 254 g/mol. The Kier molecular flexibility index (Phi) is 2.94. The molecule has 2 N–H and O–H groups in total. The standard InChI is InChI=1S/C12H12F2N2O2/c1-12(13,14)9-5-3-4-7(10(9)17-2)8-6-16-18-11(8)15/h3-6H,15H2,1-2H3. The second-order valence-electron chi connectivity index (χ2n) is 3.88. The third-order valence-corrected chi connectivity index (χ3v) is 2.58. The second kappa shape index (κ2) is 4.29. The summed E-state index contributed by atoms with van der Waals surface area (Å²) in [5, 5.41) is 3.52. The lowest BCUT2D eigenvalue weighted by Gasteiger charge is -2.17. The van der Waals surface area contributed by atoms with Gasteiger partial charge in [-0.2, -0.15) is 0 Å². The lowest BCUT2D eigenvalue weighted by Crippen LogP contribution is -2.09. The number of halogens is 2. The van der Waals surface area contributed by atoms with Crippen molar-refractivity contribution in [2.24, 2.45) is 0 Å². The quantitative estimate of drug-likeness (QED) is 0.914. The number of nitrogens with zero attached hydrogens (tertiary/aromatic N) is 1. The summed E-state index contributed by atoms with van der Waals surface area (Å²) < 4.78 is 36.8. The molecule has 2 aromatic rings. The van der Waals surface area contributed by atoms with E-state index in [0.717, 1.165) is 6.92 Å². The molecule has 0 bridgehead atoms. The molecule has 0 amide bonds. The highest BCUT2D eigenvalue weighted by molar-refractivity contribution is 5.78. The third-order valence-electron chi connectivity index (χ3n) is 2.58. The van der Waals surface area contributed by atoms with Gasteiger partial charge in [-0.15, -0.1) is 0 Å². The van der Waals surface area contributed by atoms with Gasteiger partial charge >= 0.3 is 0 Å². The Balaban J connectivity index is 2.67. The zero-order valence-electron chi connectivity index (χ0n) is 9.91. The van der Waals surface area contributed by atoms with Gasteiger partial charge in [0, 0.05) is 12.5 Å². The molecular weight excluding hydrogens is 242 g/mol. The van der Waals surface area contributed by atoms with E-state index in [1.165, 1.54) is 25.4 Å². The van der Waals surface area contributed by atoms with Crippen LogP contribution in [0.1, 0.15) is 12.5 Å². The number of benzene rings is 1. The van der Waals surface area contributed by atoms with Crippen LogP contribution in [0.5, 0.6) is 5.75 Å². The average Bonchev–Trinajstić information content (AvgIpc) is 2.73. The first kappa shape index (κ1) is 12.3. The number of nitrogen functional groups attached to an aromatic ring is 1. The summed E-state index contributed by atoms with van der Waals surface area (Å²) in [4.78, 5) is 0. The first-order valence-electron chi connectivity index (χ1n) is 5.21. The van der Waals surface area contributed by atoms with Crippen molar-refractivity contribution in [2.45, 2.75) is 12.8 Å². The Morgan fingerprint density at radius 1 is 1.33 bits per heavy atom. The molecule has 4 nitrogen and oxygen atoms in total. The van der Waals surface area contributed by atoms with E-state index in [1.807, 2.05) is 0 Å². The molecular formula is C12H12F2N2O2. The van der Waals surface area contributed by atoms with Gasteiger partial charge in [0.25, 0.3) is 5.92 Å². The number of hydrogen-bond donors (Lipinski definition) is 1. The van der Waals surface area contributed by atoms with Gasteiger partial charge in [0.1, 0.15) is 5.75 Å². The molecule has 2 rings (SSSR count). The number of para-hydroxylation sites is 1. The maximum atomic E-state index is 13.5. The van der Waals surface area contributed by atoms with Gasteiger partial charge < -0.3 is 15.0 Å². The Morgan fingerprint density at radius 2 is 2.06 bits per heavy atom. The summed E-state index contributed by atoms with van der Waals surface area (Å²) in [6, 6.07) is 4.44. The number of methoxy groups -OCH3 is 1. The summed E-state index contributed by atoms with van der Waals surface area (Å²) in [5.74, 6) is -2.88. The molecule has 0 radical (unpaired) electrons. The van der Waals surface area contributed by atoms with Gasteiger partial charge in [0.05, 0.1) is 24.4 Å². The molecule has 1 aromatic heterocycles. The highest BCUT2D eigenvalue weighted by Gasteiger charge is 2.30. The molecule has 1 heterocycles. The lowest BCUT2D eigenvalue weighted by molar-refractivity contribution is 0.0151. The second-order valence-corrected chi connectivity index (χ2v) is 3.88. The van der Waals surface area contributed by atoms with Crippen LogP contribution in [0, 0.1) is 0 Å². The summed E-state index contributed by atoms with van der Waals surface area (Å²) >= 11 is 0. The van der Waals surface area contributed by atoms with E-state index in [1.54, 1.807) is 6.07 Å². The molecule has 96 valence electrons. The molecule has 1 aromatic carbocycles. The normalized spacial score (nSPS) is 11.6. The van der Waals surface area contributed by atoms with Crippen LogP contribution in [-0.4, -0.2) is 12.3 Å². The van der Waals surface area contributed by atoms with Crippen molar-refractivity contribution in [3.8, 4) is 16.9 Å². The maximum absolute atomic E-state index is 13.5. The molecule has 6 heteroatoms. The number of hydrogen-bond acceptors (Lipinski definition) is 4. The number of rotatable bonds is 3. The SMILES string of the molecule is COc1c(-c2cnoc2N)cccc1C(C)(F)F. The predicted molar refractivity (Wildman–Crippen MR) is 62.5 cm³/mol. The van der Waals surface area contributed by atoms with Gasteiger partial charge in [0.15, 0.2) is 0 Å². The van der Waals surface area contributed by atoms with E-state index in [-0.39, 0.29) is 17.2 Å². The number of ether oxygens (including phenoxy) is 1. The highest BCUT2D eigenvalue weighted by Crippen LogP contribution is 2.42. The molecule has 0 unspecified atom stereocenters. The van der Waals surface area contributed by atoms with Gasteiger partial charge in [-0.05, 0) is 6.07 Å². The fourth-order valence-corrected chi connectivity index (χ4v) is 1.77. The van der Waals surface area contributed by atoms with Crippen LogP contribution in [0.15, 0.2) is 28.9 Å². The zero-order valence-corrected chi connectivity index (χ0v) is 9.91. The van der Waals surface area contributed by atoms with Crippen molar-refractivity contribution < 1.29 is 18.0 Å². The van der Waals surface area contributed by atoms with Crippen LogP contribution in [0.25, 0.3) is 11.1 Å². The van der Waals surface area contributed by atoms with E-state index in [4.69, 9.17) is 15.0 Å². The minimum atomic E-state index is -3.01. The van der Waals surface area contributed by atoms with Crippen LogP contribution in [-0.2, 0) is 5.92 Å².